The highest BCUT2D eigenvalue weighted by Gasteiger charge is 2.31. The first-order chi connectivity index (χ1) is 14.0. The molecule has 0 atom stereocenters. The van der Waals surface area contributed by atoms with Gasteiger partial charge in [0.25, 0.3) is 0 Å². The number of aromatic nitrogens is 1. The van der Waals surface area contributed by atoms with E-state index in [4.69, 9.17) is 4.84 Å². The molecule has 0 saturated carbocycles. The van der Waals surface area contributed by atoms with Crippen molar-refractivity contribution in [3.05, 3.63) is 76.3 Å². The zero-order valence-corrected chi connectivity index (χ0v) is 17.3. The SMILES string of the molecule is CC(C)(C)c1csc(-c2ccc(C=NOC(=O)c3cccc(C(F)(F)F)c3)cc2)n1. The Morgan fingerprint density at radius 3 is 2.40 bits per heavy atom. The highest BCUT2D eigenvalue weighted by Crippen LogP contribution is 2.30. The van der Waals surface area contributed by atoms with Gasteiger partial charge in [0, 0.05) is 16.4 Å². The monoisotopic (exact) mass is 432 g/mol. The summed E-state index contributed by atoms with van der Waals surface area (Å²) >= 11 is 1.56. The fourth-order valence-electron chi connectivity index (χ4n) is 2.47. The lowest BCUT2D eigenvalue weighted by atomic mass is 9.93. The Balaban J connectivity index is 1.64. The lowest BCUT2D eigenvalue weighted by molar-refractivity contribution is -0.137. The number of nitrogens with zero attached hydrogens (tertiary/aromatic N) is 2. The van der Waals surface area contributed by atoms with Crippen LogP contribution in [0.4, 0.5) is 13.2 Å². The first-order valence-electron chi connectivity index (χ1n) is 9.02. The first kappa shape index (κ1) is 21.7. The van der Waals surface area contributed by atoms with E-state index in [1.54, 1.807) is 23.5 Å². The fourth-order valence-corrected chi connectivity index (χ4v) is 3.53. The van der Waals surface area contributed by atoms with Crippen molar-refractivity contribution in [1.82, 2.24) is 4.98 Å². The van der Waals surface area contributed by atoms with Gasteiger partial charge in [-0.15, -0.1) is 11.3 Å². The van der Waals surface area contributed by atoms with E-state index in [2.05, 4.69) is 30.9 Å². The number of carbonyl (C=O) groups excluding carboxylic acids is 1. The molecule has 0 fully saturated rings. The Morgan fingerprint density at radius 1 is 1.10 bits per heavy atom. The zero-order chi connectivity index (χ0) is 21.9. The third-order valence-corrected chi connectivity index (χ3v) is 5.08. The average molecular weight is 432 g/mol. The number of hydrogen-bond donors (Lipinski definition) is 0. The van der Waals surface area contributed by atoms with Crippen LogP contribution in [0.15, 0.2) is 59.1 Å². The highest BCUT2D eigenvalue weighted by atomic mass is 32.1. The molecule has 0 saturated heterocycles. The van der Waals surface area contributed by atoms with E-state index in [1.807, 2.05) is 17.5 Å². The highest BCUT2D eigenvalue weighted by molar-refractivity contribution is 7.13. The number of halogens is 3. The summed E-state index contributed by atoms with van der Waals surface area (Å²) < 4.78 is 38.2. The molecule has 0 radical (unpaired) electrons. The summed E-state index contributed by atoms with van der Waals surface area (Å²) in [5, 5.41) is 6.52. The van der Waals surface area contributed by atoms with Crippen LogP contribution < -0.4 is 0 Å². The number of benzene rings is 2. The third-order valence-electron chi connectivity index (χ3n) is 4.19. The van der Waals surface area contributed by atoms with Gasteiger partial charge < -0.3 is 4.84 Å². The van der Waals surface area contributed by atoms with Gasteiger partial charge in [-0.05, 0) is 23.8 Å². The molecule has 3 aromatic rings. The number of carbonyl (C=O) groups is 1. The summed E-state index contributed by atoms with van der Waals surface area (Å²) in [6.45, 7) is 6.31. The molecule has 0 bridgehead atoms. The Morgan fingerprint density at radius 2 is 1.80 bits per heavy atom. The van der Waals surface area contributed by atoms with Crippen LogP contribution in [-0.2, 0) is 16.4 Å². The van der Waals surface area contributed by atoms with Crippen molar-refractivity contribution in [2.75, 3.05) is 0 Å². The Labute approximate surface area is 176 Å². The van der Waals surface area contributed by atoms with Crippen LogP contribution in [0, 0.1) is 0 Å². The van der Waals surface area contributed by atoms with Gasteiger partial charge in [-0.25, -0.2) is 9.78 Å². The molecular weight excluding hydrogens is 413 g/mol. The van der Waals surface area contributed by atoms with Crippen molar-refractivity contribution < 1.29 is 22.8 Å². The van der Waals surface area contributed by atoms with Gasteiger partial charge >= 0.3 is 12.1 Å². The maximum Gasteiger partial charge on any atom is 0.416 e. The largest absolute Gasteiger partial charge is 0.416 e. The fraction of sp³-hybridized carbons (Fsp3) is 0.227. The van der Waals surface area contributed by atoms with Gasteiger partial charge in [0.2, 0.25) is 0 Å². The smallest absolute Gasteiger partial charge is 0.313 e. The summed E-state index contributed by atoms with van der Waals surface area (Å²) in [7, 11) is 0. The summed E-state index contributed by atoms with van der Waals surface area (Å²) in [5.74, 6) is -0.966. The van der Waals surface area contributed by atoms with E-state index < -0.39 is 17.7 Å². The normalized spacial score (nSPS) is 12.3. The molecule has 0 aliphatic heterocycles. The molecule has 30 heavy (non-hydrogen) atoms. The molecule has 0 N–H and O–H groups in total. The molecule has 0 aliphatic carbocycles. The van der Waals surface area contributed by atoms with Gasteiger partial charge in [0.15, 0.2) is 0 Å². The van der Waals surface area contributed by atoms with Crippen molar-refractivity contribution in [3.8, 4) is 10.6 Å². The second-order valence-corrected chi connectivity index (χ2v) is 8.46. The van der Waals surface area contributed by atoms with Crippen molar-refractivity contribution in [1.29, 1.82) is 0 Å². The van der Waals surface area contributed by atoms with Crippen LogP contribution in [0.25, 0.3) is 10.6 Å². The van der Waals surface area contributed by atoms with Crippen molar-refractivity contribution >= 4 is 23.5 Å². The molecule has 4 nitrogen and oxygen atoms in total. The van der Waals surface area contributed by atoms with Gasteiger partial charge in [-0.1, -0.05) is 56.3 Å². The molecule has 0 unspecified atom stereocenters. The number of hydrogen-bond acceptors (Lipinski definition) is 5. The second kappa shape index (κ2) is 8.39. The Kier molecular flexibility index (Phi) is 6.07. The number of alkyl halides is 3. The molecule has 0 amide bonds. The number of rotatable bonds is 4. The van der Waals surface area contributed by atoms with E-state index in [-0.39, 0.29) is 11.0 Å². The minimum atomic E-state index is -4.54. The third kappa shape index (κ3) is 5.33. The standard InChI is InChI=1S/C22H19F3N2O2S/c1-21(2,3)18-13-30-19(27-18)15-9-7-14(8-10-15)12-26-29-20(28)16-5-4-6-17(11-16)22(23,24)25/h4-13H,1-3H3. The van der Waals surface area contributed by atoms with Crippen molar-refractivity contribution in [2.45, 2.75) is 32.4 Å². The maximum absolute atomic E-state index is 12.7. The predicted octanol–water partition coefficient (Wildman–Crippen LogP) is 6.32. The van der Waals surface area contributed by atoms with E-state index in [9.17, 15) is 18.0 Å². The molecule has 8 heteroatoms. The van der Waals surface area contributed by atoms with Gasteiger partial charge in [0.05, 0.1) is 23.0 Å². The van der Waals surface area contributed by atoms with Crippen molar-refractivity contribution in [3.63, 3.8) is 0 Å². The zero-order valence-electron chi connectivity index (χ0n) is 16.5. The summed E-state index contributed by atoms with van der Waals surface area (Å²) in [6.07, 6.45) is -3.22. The van der Waals surface area contributed by atoms with Gasteiger partial charge in [0.1, 0.15) is 5.01 Å². The van der Waals surface area contributed by atoms with Crippen LogP contribution in [0.5, 0.6) is 0 Å². The van der Waals surface area contributed by atoms with Crippen LogP contribution in [0.2, 0.25) is 0 Å². The number of oxime groups is 1. The molecule has 0 spiro atoms. The first-order valence-corrected chi connectivity index (χ1v) is 9.90. The van der Waals surface area contributed by atoms with E-state index in [0.717, 1.165) is 34.5 Å². The Hall–Kier alpha value is -3.00. The summed E-state index contributed by atoms with van der Waals surface area (Å²) in [5.41, 5.74) is 1.47. The molecule has 2 aromatic carbocycles. The lowest BCUT2D eigenvalue weighted by Gasteiger charge is -2.14. The van der Waals surface area contributed by atoms with Crippen LogP contribution in [0.3, 0.4) is 0 Å². The Bertz CT molecular complexity index is 1060. The summed E-state index contributed by atoms with van der Waals surface area (Å²) in [6, 6.07) is 11.3. The second-order valence-electron chi connectivity index (χ2n) is 7.60. The number of thiazole rings is 1. The molecule has 1 heterocycles. The average Bonchev–Trinajstić information content (AvgIpc) is 3.19. The predicted molar refractivity (Wildman–Crippen MR) is 111 cm³/mol. The van der Waals surface area contributed by atoms with Crippen molar-refractivity contribution in [2.24, 2.45) is 5.16 Å². The van der Waals surface area contributed by atoms with Gasteiger partial charge in [-0.2, -0.15) is 13.2 Å². The van der Waals surface area contributed by atoms with Crippen LogP contribution in [0.1, 0.15) is 48.0 Å². The lowest BCUT2D eigenvalue weighted by Crippen LogP contribution is -2.11. The van der Waals surface area contributed by atoms with Crippen LogP contribution >= 0.6 is 11.3 Å². The quantitative estimate of drug-likeness (QED) is 0.275. The molecule has 0 aliphatic rings. The van der Waals surface area contributed by atoms with E-state index >= 15 is 0 Å². The summed E-state index contributed by atoms with van der Waals surface area (Å²) in [4.78, 5) is 21.3. The minimum absolute atomic E-state index is 0.0230. The van der Waals surface area contributed by atoms with Crippen LogP contribution in [-0.4, -0.2) is 17.2 Å². The molecule has 156 valence electrons. The minimum Gasteiger partial charge on any atom is -0.313 e. The molecule has 3 rings (SSSR count). The topological polar surface area (TPSA) is 51.5 Å². The molecule has 1 aromatic heterocycles. The maximum atomic E-state index is 12.7. The van der Waals surface area contributed by atoms with Gasteiger partial charge in [-0.3, -0.25) is 0 Å². The molecular formula is C22H19F3N2O2S. The van der Waals surface area contributed by atoms with E-state index in [0.29, 0.717) is 5.56 Å². The van der Waals surface area contributed by atoms with E-state index in [1.165, 1.54) is 12.3 Å².